The zero-order valence-electron chi connectivity index (χ0n) is 11.1. The fraction of sp³-hybridized carbons (Fsp3) is 0.188. The first-order valence-corrected chi connectivity index (χ1v) is 6.45. The molecule has 0 unspecified atom stereocenters. The van der Waals surface area contributed by atoms with Crippen molar-refractivity contribution >= 4 is 22.8 Å². The Hall–Kier alpha value is -2.29. The summed E-state index contributed by atoms with van der Waals surface area (Å²) < 4.78 is 5.68. The second-order valence-corrected chi connectivity index (χ2v) is 4.89. The van der Waals surface area contributed by atoms with Crippen LogP contribution < -0.4 is 5.32 Å². The number of rotatable bonds is 3. The largest absolute Gasteiger partial charge is 0.423 e. The van der Waals surface area contributed by atoms with Crippen LogP contribution in [0.3, 0.4) is 0 Å². The molecule has 3 rings (SSSR count). The molecule has 0 aliphatic heterocycles. The Labute approximate surface area is 112 Å². The van der Waals surface area contributed by atoms with Crippen LogP contribution in [-0.2, 0) is 0 Å². The highest BCUT2D eigenvalue weighted by Gasteiger charge is 2.08. The number of benzene rings is 2. The number of nitrogens with one attached hydrogen (secondary N) is 1. The number of oxazole rings is 1. The molecule has 19 heavy (non-hydrogen) atoms. The molecular weight excluding hydrogens is 236 g/mol. The van der Waals surface area contributed by atoms with Gasteiger partial charge in [-0.25, -0.2) is 0 Å². The monoisotopic (exact) mass is 252 g/mol. The van der Waals surface area contributed by atoms with Gasteiger partial charge in [-0.3, -0.25) is 0 Å². The molecule has 1 N–H and O–H groups in total. The number of aromatic nitrogens is 1. The van der Waals surface area contributed by atoms with Crippen molar-refractivity contribution in [3.8, 4) is 0 Å². The molecule has 0 radical (unpaired) electrons. The van der Waals surface area contributed by atoms with E-state index in [9.17, 15) is 0 Å². The van der Waals surface area contributed by atoms with Crippen LogP contribution in [0.4, 0.5) is 11.7 Å². The molecular formula is C16H16N2O. The van der Waals surface area contributed by atoms with Crippen molar-refractivity contribution < 1.29 is 4.42 Å². The molecule has 2 aromatic carbocycles. The number of nitrogens with zero attached hydrogens (tertiary/aromatic N) is 1. The second-order valence-electron chi connectivity index (χ2n) is 4.89. The van der Waals surface area contributed by atoms with Crippen molar-refractivity contribution in [2.75, 3.05) is 5.32 Å². The number of anilines is 2. The molecule has 3 nitrogen and oxygen atoms in total. The summed E-state index contributed by atoms with van der Waals surface area (Å²) in [4.78, 5) is 4.47. The summed E-state index contributed by atoms with van der Waals surface area (Å²) in [7, 11) is 0. The molecule has 3 aromatic rings. The van der Waals surface area contributed by atoms with Crippen molar-refractivity contribution in [1.82, 2.24) is 4.98 Å². The maximum atomic E-state index is 5.68. The van der Waals surface area contributed by atoms with Crippen molar-refractivity contribution in [1.29, 1.82) is 0 Å². The van der Waals surface area contributed by atoms with Gasteiger partial charge in [-0.05, 0) is 35.7 Å². The third kappa shape index (κ3) is 2.45. The lowest BCUT2D eigenvalue weighted by molar-refractivity contribution is 0.623. The quantitative estimate of drug-likeness (QED) is 0.734. The Morgan fingerprint density at radius 3 is 2.58 bits per heavy atom. The van der Waals surface area contributed by atoms with E-state index in [1.807, 2.05) is 36.4 Å². The van der Waals surface area contributed by atoms with Gasteiger partial charge >= 0.3 is 0 Å². The van der Waals surface area contributed by atoms with Crippen LogP contribution in [0.2, 0.25) is 0 Å². The molecule has 0 saturated carbocycles. The molecule has 1 aromatic heterocycles. The summed E-state index contributed by atoms with van der Waals surface area (Å²) in [6.45, 7) is 4.34. The topological polar surface area (TPSA) is 38.1 Å². The molecule has 0 fully saturated rings. The van der Waals surface area contributed by atoms with E-state index in [0.29, 0.717) is 11.9 Å². The third-order valence-corrected chi connectivity index (χ3v) is 3.10. The molecule has 1 heterocycles. The summed E-state index contributed by atoms with van der Waals surface area (Å²) in [6.07, 6.45) is 0. The van der Waals surface area contributed by atoms with Gasteiger partial charge in [0.2, 0.25) is 0 Å². The van der Waals surface area contributed by atoms with Crippen molar-refractivity contribution in [2.24, 2.45) is 0 Å². The maximum absolute atomic E-state index is 5.68. The van der Waals surface area contributed by atoms with Crippen LogP contribution in [0.5, 0.6) is 0 Å². The molecule has 0 amide bonds. The van der Waals surface area contributed by atoms with Crippen LogP contribution >= 0.6 is 0 Å². The second kappa shape index (κ2) is 4.76. The predicted molar refractivity (Wildman–Crippen MR) is 77.8 cm³/mol. The zero-order chi connectivity index (χ0) is 13.2. The molecule has 0 aliphatic rings. The Morgan fingerprint density at radius 2 is 1.84 bits per heavy atom. The molecule has 96 valence electrons. The third-order valence-electron chi connectivity index (χ3n) is 3.10. The van der Waals surface area contributed by atoms with E-state index in [2.05, 4.69) is 36.3 Å². The molecule has 0 atom stereocenters. The highest BCUT2D eigenvalue weighted by molar-refractivity contribution is 5.76. The Balaban J connectivity index is 1.93. The first-order valence-electron chi connectivity index (χ1n) is 6.45. The van der Waals surface area contributed by atoms with Gasteiger partial charge in [0, 0.05) is 5.69 Å². The van der Waals surface area contributed by atoms with Gasteiger partial charge in [-0.15, -0.1) is 0 Å². The van der Waals surface area contributed by atoms with Gasteiger partial charge in [0.15, 0.2) is 5.58 Å². The van der Waals surface area contributed by atoms with Gasteiger partial charge < -0.3 is 9.73 Å². The fourth-order valence-corrected chi connectivity index (χ4v) is 2.00. The van der Waals surface area contributed by atoms with Crippen LogP contribution in [0.25, 0.3) is 11.1 Å². The van der Waals surface area contributed by atoms with Gasteiger partial charge in [-0.2, -0.15) is 4.98 Å². The minimum atomic E-state index is 0.492. The van der Waals surface area contributed by atoms with Gasteiger partial charge in [0.05, 0.1) is 0 Å². The van der Waals surface area contributed by atoms with Crippen LogP contribution in [0, 0.1) is 0 Å². The molecule has 0 bridgehead atoms. The van der Waals surface area contributed by atoms with Gasteiger partial charge in [0.25, 0.3) is 6.01 Å². The van der Waals surface area contributed by atoms with Crippen LogP contribution in [-0.4, -0.2) is 4.98 Å². The van der Waals surface area contributed by atoms with E-state index in [4.69, 9.17) is 4.42 Å². The average molecular weight is 252 g/mol. The van der Waals surface area contributed by atoms with E-state index in [1.54, 1.807) is 0 Å². The van der Waals surface area contributed by atoms with Crippen molar-refractivity contribution in [2.45, 2.75) is 19.8 Å². The van der Waals surface area contributed by atoms with Crippen molar-refractivity contribution in [3.05, 3.63) is 54.1 Å². The zero-order valence-corrected chi connectivity index (χ0v) is 11.1. The predicted octanol–water partition coefficient (Wildman–Crippen LogP) is 4.69. The Kier molecular flexibility index (Phi) is 2.95. The van der Waals surface area contributed by atoms with E-state index >= 15 is 0 Å². The number of hydrogen-bond acceptors (Lipinski definition) is 3. The first-order chi connectivity index (χ1) is 9.22. The number of fused-ring (bicyclic) bond motifs is 1. The fourth-order valence-electron chi connectivity index (χ4n) is 2.00. The summed E-state index contributed by atoms with van der Waals surface area (Å²) >= 11 is 0. The minimum absolute atomic E-state index is 0.492. The first kappa shape index (κ1) is 11.8. The van der Waals surface area contributed by atoms with Crippen molar-refractivity contribution in [3.63, 3.8) is 0 Å². The lowest BCUT2D eigenvalue weighted by atomic mass is 10.0. The Morgan fingerprint density at radius 1 is 1.05 bits per heavy atom. The summed E-state index contributed by atoms with van der Waals surface area (Å²) in [6, 6.07) is 16.6. The van der Waals surface area contributed by atoms with E-state index < -0.39 is 0 Å². The minimum Gasteiger partial charge on any atom is -0.423 e. The summed E-state index contributed by atoms with van der Waals surface area (Å²) in [5.74, 6) is 0.492. The summed E-state index contributed by atoms with van der Waals surface area (Å²) in [5.41, 5.74) is 3.94. The SMILES string of the molecule is CC(C)c1ccc2oc(Nc3ccccc3)nc2c1. The lowest BCUT2D eigenvalue weighted by Crippen LogP contribution is -1.89. The van der Waals surface area contributed by atoms with E-state index in [1.165, 1.54) is 5.56 Å². The molecule has 3 heteroatoms. The lowest BCUT2D eigenvalue weighted by Gasteiger charge is -2.02. The average Bonchev–Trinajstić information content (AvgIpc) is 2.80. The van der Waals surface area contributed by atoms with Crippen LogP contribution in [0.1, 0.15) is 25.3 Å². The molecule has 0 spiro atoms. The standard InChI is InChI=1S/C16H16N2O/c1-11(2)12-8-9-15-14(10-12)18-16(19-15)17-13-6-4-3-5-7-13/h3-11H,1-2H3,(H,17,18). The molecule has 0 aliphatic carbocycles. The smallest absolute Gasteiger partial charge is 0.300 e. The van der Waals surface area contributed by atoms with E-state index in [0.717, 1.165) is 16.8 Å². The molecule has 0 saturated heterocycles. The number of para-hydroxylation sites is 1. The highest BCUT2D eigenvalue weighted by Crippen LogP contribution is 2.25. The van der Waals surface area contributed by atoms with Crippen LogP contribution in [0.15, 0.2) is 52.9 Å². The van der Waals surface area contributed by atoms with Gasteiger partial charge in [-0.1, -0.05) is 38.1 Å². The summed E-state index contributed by atoms with van der Waals surface area (Å²) in [5, 5.41) is 3.16. The Bertz CT molecular complexity index is 686. The maximum Gasteiger partial charge on any atom is 0.300 e. The van der Waals surface area contributed by atoms with Gasteiger partial charge in [0.1, 0.15) is 5.52 Å². The number of hydrogen-bond donors (Lipinski definition) is 1. The van der Waals surface area contributed by atoms with E-state index in [-0.39, 0.29) is 0 Å². The normalized spacial score (nSPS) is 11.1. The highest BCUT2D eigenvalue weighted by atomic mass is 16.4.